The second kappa shape index (κ2) is 6.13. The highest BCUT2D eigenvalue weighted by Gasteiger charge is 2.06. The third kappa shape index (κ3) is 3.63. The van der Waals surface area contributed by atoms with Crippen molar-refractivity contribution in [1.82, 2.24) is 0 Å². The van der Waals surface area contributed by atoms with Crippen LogP contribution in [0.2, 0.25) is 0 Å². The van der Waals surface area contributed by atoms with Gasteiger partial charge >= 0.3 is 0 Å². The summed E-state index contributed by atoms with van der Waals surface area (Å²) in [6.07, 6.45) is 0. The number of rotatable bonds is 4. The second-order valence-corrected chi connectivity index (χ2v) is 5.64. The van der Waals surface area contributed by atoms with Crippen molar-refractivity contribution in [3.05, 3.63) is 52.3 Å². The van der Waals surface area contributed by atoms with E-state index in [1.54, 1.807) is 6.07 Å². The Kier molecular flexibility index (Phi) is 4.49. The van der Waals surface area contributed by atoms with E-state index in [0.29, 0.717) is 12.1 Å². The lowest BCUT2D eigenvalue weighted by atomic mass is 10.2. The summed E-state index contributed by atoms with van der Waals surface area (Å²) in [7, 11) is 3.92. The number of nitrogens with zero attached hydrogens (tertiary/aromatic N) is 1. The van der Waals surface area contributed by atoms with Crippen molar-refractivity contribution in [1.29, 1.82) is 0 Å². The predicted octanol–water partition coefficient (Wildman–Crippen LogP) is 3.97. The second-order valence-electron chi connectivity index (χ2n) is 4.73. The first-order valence-electron chi connectivity index (χ1n) is 6.15. The number of anilines is 2. The molecule has 0 atom stereocenters. The molecule has 0 unspecified atom stereocenters. The van der Waals surface area contributed by atoms with E-state index in [1.165, 1.54) is 6.07 Å². The van der Waals surface area contributed by atoms with Gasteiger partial charge in [-0.05, 0) is 35.9 Å². The molecule has 3 nitrogen and oxygen atoms in total. The van der Waals surface area contributed by atoms with Gasteiger partial charge in [-0.1, -0.05) is 15.9 Å². The molecule has 0 spiro atoms. The van der Waals surface area contributed by atoms with E-state index in [2.05, 4.69) is 21.2 Å². The zero-order valence-corrected chi connectivity index (χ0v) is 12.9. The average Bonchev–Trinajstić information content (AvgIpc) is 2.35. The number of hydrogen-bond acceptors (Lipinski definition) is 3. The first-order valence-corrected chi connectivity index (χ1v) is 6.94. The first kappa shape index (κ1) is 14.7. The summed E-state index contributed by atoms with van der Waals surface area (Å²) in [5.41, 5.74) is 2.66. The maximum atomic E-state index is 13.2. The van der Waals surface area contributed by atoms with Crippen molar-refractivity contribution >= 4 is 27.3 Å². The van der Waals surface area contributed by atoms with E-state index < -0.39 is 5.82 Å². The van der Waals surface area contributed by atoms with Gasteiger partial charge in [-0.2, -0.15) is 0 Å². The van der Waals surface area contributed by atoms with Gasteiger partial charge in [0.15, 0.2) is 0 Å². The Morgan fingerprint density at radius 1 is 1.20 bits per heavy atom. The number of halogens is 2. The van der Waals surface area contributed by atoms with Gasteiger partial charge in [0.2, 0.25) is 0 Å². The van der Waals surface area contributed by atoms with Crippen LogP contribution in [0.3, 0.4) is 0 Å². The molecule has 2 aromatic rings. The van der Waals surface area contributed by atoms with E-state index >= 15 is 0 Å². The summed E-state index contributed by atoms with van der Waals surface area (Å²) < 4.78 is 14.2. The smallest absolute Gasteiger partial charge is 0.127 e. The van der Waals surface area contributed by atoms with E-state index in [4.69, 9.17) is 0 Å². The van der Waals surface area contributed by atoms with Crippen molar-refractivity contribution in [2.45, 2.75) is 6.54 Å². The zero-order chi connectivity index (χ0) is 14.7. The largest absolute Gasteiger partial charge is 0.508 e. The molecule has 106 valence electrons. The fraction of sp³-hybridized carbons (Fsp3) is 0.200. The normalized spacial score (nSPS) is 10.4. The van der Waals surface area contributed by atoms with Crippen LogP contribution in [0.5, 0.6) is 5.75 Å². The van der Waals surface area contributed by atoms with Crippen LogP contribution in [-0.4, -0.2) is 19.2 Å². The van der Waals surface area contributed by atoms with Gasteiger partial charge < -0.3 is 15.3 Å². The average molecular weight is 339 g/mol. The van der Waals surface area contributed by atoms with Gasteiger partial charge in [0.25, 0.3) is 0 Å². The third-order valence-corrected chi connectivity index (χ3v) is 3.36. The van der Waals surface area contributed by atoms with Gasteiger partial charge in [-0.3, -0.25) is 0 Å². The van der Waals surface area contributed by atoms with E-state index in [1.807, 2.05) is 37.2 Å². The minimum absolute atomic E-state index is 0.0659. The Hall–Kier alpha value is -1.75. The maximum absolute atomic E-state index is 13.2. The van der Waals surface area contributed by atoms with Crippen molar-refractivity contribution in [2.24, 2.45) is 0 Å². The fourth-order valence-corrected chi connectivity index (χ4v) is 2.33. The third-order valence-electron chi connectivity index (χ3n) is 2.87. The van der Waals surface area contributed by atoms with Crippen LogP contribution in [0.4, 0.5) is 15.8 Å². The molecule has 0 heterocycles. The molecular weight excluding hydrogens is 323 g/mol. The number of phenolic OH excluding ortho intramolecular Hbond substituents is 1. The molecule has 2 aromatic carbocycles. The van der Waals surface area contributed by atoms with Crippen LogP contribution in [0.1, 0.15) is 5.56 Å². The van der Waals surface area contributed by atoms with Gasteiger partial charge in [0.1, 0.15) is 11.6 Å². The standard InChI is InChI=1S/C15H16BrFN2O/c1-19(2)15-4-3-11(16)7-14(15)18-9-10-5-12(17)8-13(20)6-10/h3-8,18,20H,9H2,1-2H3. The van der Waals surface area contributed by atoms with Crippen molar-refractivity contribution < 1.29 is 9.50 Å². The van der Waals surface area contributed by atoms with Crippen molar-refractivity contribution in [2.75, 3.05) is 24.3 Å². The molecule has 0 bridgehead atoms. The molecule has 0 amide bonds. The molecule has 0 aliphatic carbocycles. The molecular formula is C15H16BrFN2O. The van der Waals surface area contributed by atoms with E-state index in [9.17, 15) is 9.50 Å². The van der Waals surface area contributed by atoms with Gasteiger partial charge in [0, 0.05) is 31.2 Å². The lowest BCUT2D eigenvalue weighted by molar-refractivity contribution is 0.468. The Morgan fingerprint density at radius 2 is 1.95 bits per heavy atom. The van der Waals surface area contributed by atoms with Crippen LogP contribution in [0, 0.1) is 5.82 Å². The number of benzene rings is 2. The number of nitrogens with one attached hydrogen (secondary N) is 1. The van der Waals surface area contributed by atoms with Gasteiger partial charge in [-0.15, -0.1) is 0 Å². The summed E-state index contributed by atoms with van der Waals surface area (Å²) in [4.78, 5) is 2.00. The highest BCUT2D eigenvalue weighted by Crippen LogP contribution is 2.28. The van der Waals surface area contributed by atoms with Crippen molar-refractivity contribution in [3.8, 4) is 5.75 Å². The Bertz CT molecular complexity index is 597. The monoisotopic (exact) mass is 338 g/mol. The van der Waals surface area contributed by atoms with Crippen molar-refractivity contribution in [3.63, 3.8) is 0 Å². The topological polar surface area (TPSA) is 35.5 Å². The minimum atomic E-state index is -0.441. The number of aromatic hydroxyl groups is 1. The number of phenols is 1. The summed E-state index contributed by atoms with van der Waals surface area (Å²) in [6.45, 7) is 0.433. The molecule has 0 aromatic heterocycles. The first-order chi connectivity index (χ1) is 9.45. The highest BCUT2D eigenvalue weighted by atomic mass is 79.9. The summed E-state index contributed by atoms with van der Waals surface area (Å²) >= 11 is 3.44. The van der Waals surface area contributed by atoms with Crippen LogP contribution < -0.4 is 10.2 Å². The fourth-order valence-electron chi connectivity index (χ4n) is 1.97. The van der Waals surface area contributed by atoms with Gasteiger partial charge in [-0.25, -0.2) is 4.39 Å². The summed E-state index contributed by atoms with van der Waals surface area (Å²) in [5, 5.41) is 12.7. The molecule has 20 heavy (non-hydrogen) atoms. The van der Waals surface area contributed by atoms with Gasteiger partial charge in [0.05, 0.1) is 11.4 Å². The molecule has 0 saturated carbocycles. The van der Waals surface area contributed by atoms with Crippen LogP contribution in [0.15, 0.2) is 40.9 Å². The Morgan fingerprint density at radius 3 is 2.60 bits per heavy atom. The highest BCUT2D eigenvalue weighted by molar-refractivity contribution is 9.10. The minimum Gasteiger partial charge on any atom is -0.508 e. The van der Waals surface area contributed by atoms with E-state index in [0.717, 1.165) is 21.9 Å². The Labute approximate surface area is 126 Å². The maximum Gasteiger partial charge on any atom is 0.127 e. The quantitative estimate of drug-likeness (QED) is 0.885. The van der Waals surface area contributed by atoms with Crippen LogP contribution in [0.25, 0.3) is 0 Å². The Balaban J connectivity index is 2.20. The summed E-state index contributed by atoms with van der Waals surface area (Å²) in [5.74, 6) is -0.507. The molecule has 0 saturated heterocycles. The van der Waals surface area contributed by atoms with Crippen LogP contribution >= 0.6 is 15.9 Å². The lowest BCUT2D eigenvalue weighted by Gasteiger charge is -2.19. The molecule has 2 N–H and O–H groups in total. The molecule has 0 radical (unpaired) electrons. The predicted molar refractivity (Wildman–Crippen MR) is 83.9 cm³/mol. The molecule has 0 aliphatic heterocycles. The molecule has 0 aliphatic rings. The number of hydrogen-bond donors (Lipinski definition) is 2. The molecule has 5 heteroatoms. The molecule has 2 rings (SSSR count). The van der Waals surface area contributed by atoms with E-state index in [-0.39, 0.29) is 5.75 Å². The SMILES string of the molecule is CN(C)c1ccc(Br)cc1NCc1cc(O)cc(F)c1. The summed E-state index contributed by atoms with van der Waals surface area (Å²) in [6, 6.07) is 9.97. The van der Waals surface area contributed by atoms with Crippen LogP contribution in [-0.2, 0) is 6.54 Å². The molecule has 0 fully saturated rings. The lowest BCUT2D eigenvalue weighted by Crippen LogP contribution is -2.12. The zero-order valence-electron chi connectivity index (χ0n) is 11.3.